The minimum atomic E-state index is -0.892. The van der Waals surface area contributed by atoms with Gasteiger partial charge >= 0.3 is 0 Å². The molecule has 0 aliphatic carbocycles. The van der Waals surface area contributed by atoms with Gasteiger partial charge in [-0.1, -0.05) is 11.6 Å². The maximum absolute atomic E-state index is 12.9. The number of carbonyl (C=O) groups is 1. The molecule has 0 radical (unpaired) electrons. The van der Waals surface area contributed by atoms with Gasteiger partial charge in [0, 0.05) is 10.7 Å². The summed E-state index contributed by atoms with van der Waals surface area (Å²) in [5.41, 5.74) is 0.615. The molecule has 0 saturated carbocycles. The predicted molar refractivity (Wildman–Crippen MR) is 92.6 cm³/mol. The molecule has 7 nitrogen and oxygen atoms in total. The van der Waals surface area contributed by atoms with E-state index in [2.05, 4.69) is 5.32 Å². The Morgan fingerprint density at radius 3 is 2.19 bits per heavy atom. The molecule has 0 bridgehead atoms. The Labute approximate surface area is 156 Å². The highest BCUT2D eigenvalue weighted by Gasteiger charge is 2.62. The molecule has 4 rings (SSSR count). The van der Waals surface area contributed by atoms with Crippen LogP contribution in [0.15, 0.2) is 24.3 Å². The summed E-state index contributed by atoms with van der Waals surface area (Å²) in [5.74, 6) is -2.00. The van der Waals surface area contributed by atoms with Gasteiger partial charge in [-0.15, -0.1) is 0 Å². The van der Waals surface area contributed by atoms with Crippen molar-refractivity contribution in [3.63, 3.8) is 0 Å². The molecule has 1 aromatic rings. The molecule has 26 heavy (non-hydrogen) atoms. The zero-order valence-electron chi connectivity index (χ0n) is 15.0. The maximum Gasteiger partial charge on any atom is 0.256 e. The molecular formula is C18H22ClNO6. The number of rotatable bonds is 2. The number of halogens is 1. The molecule has 1 N–H and O–H groups in total. The van der Waals surface area contributed by atoms with Gasteiger partial charge in [-0.05, 0) is 52.0 Å². The van der Waals surface area contributed by atoms with Crippen molar-refractivity contribution in [2.45, 2.75) is 70.0 Å². The minimum absolute atomic E-state index is 0.338. The second-order valence-corrected chi connectivity index (χ2v) is 8.02. The number of carbonyl (C=O) groups excluding carboxylic acids is 1. The van der Waals surface area contributed by atoms with Gasteiger partial charge in [-0.3, -0.25) is 4.79 Å². The summed E-state index contributed by atoms with van der Waals surface area (Å²) in [6.45, 7) is 7.20. The molecule has 0 spiro atoms. The third-order valence-corrected chi connectivity index (χ3v) is 4.78. The number of hydrogen-bond donors (Lipinski definition) is 1. The van der Waals surface area contributed by atoms with E-state index in [1.807, 2.05) is 0 Å². The van der Waals surface area contributed by atoms with Crippen molar-refractivity contribution in [2.24, 2.45) is 0 Å². The lowest BCUT2D eigenvalue weighted by Crippen LogP contribution is -2.58. The van der Waals surface area contributed by atoms with Gasteiger partial charge in [-0.25, -0.2) is 0 Å². The summed E-state index contributed by atoms with van der Waals surface area (Å²) >= 11 is 5.88. The van der Waals surface area contributed by atoms with Crippen molar-refractivity contribution in [2.75, 3.05) is 5.32 Å². The average molecular weight is 384 g/mol. The van der Waals surface area contributed by atoms with E-state index in [-0.39, 0.29) is 5.91 Å². The number of hydrogen-bond acceptors (Lipinski definition) is 6. The third-order valence-electron chi connectivity index (χ3n) is 4.52. The third kappa shape index (κ3) is 3.35. The largest absolute Gasteiger partial charge is 0.342 e. The summed E-state index contributed by atoms with van der Waals surface area (Å²) in [4.78, 5) is 12.9. The van der Waals surface area contributed by atoms with Crippen molar-refractivity contribution >= 4 is 23.2 Å². The van der Waals surface area contributed by atoms with Crippen LogP contribution >= 0.6 is 11.6 Å². The highest BCUT2D eigenvalue weighted by Crippen LogP contribution is 2.44. The highest BCUT2D eigenvalue weighted by molar-refractivity contribution is 6.30. The first-order valence-electron chi connectivity index (χ1n) is 8.57. The molecule has 5 unspecified atom stereocenters. The number of ether oxygens (including phenoxy) is 5. The SMILES string of the molecule is CC1(C)OC2OC(C(=O)Nc3ccc(Cl)cc3)C3OC(C)(C)OC3C2O1. The fourth-order valence-electron chi connectivity index (χ4n) is 3.57. The van der Waals surface area contributed by atoms with Crippen LogP contribution < -0.4 is 5.32 Å². The molecule has 3 heterocycles. The predicted octanol–water partition coefficient (Wildman–Crippen LogP) is 2.68. The first-order chi connectivity index (χ1) is 12.1. The maximum atomic E-state index is 12.9. The summed E-state index contributed by atoms with van der Waals surface area (Å²) < 4.78 is 29.6. The lowest BCUT2D eigenvalue weighted by atomic mass is 9.98. The van der Waals surface area contributed by atoms with Crippen LogP contribution in [0, 0.1) is 0 Å². The van der Waals surface area contributed by atoms with E-state index in [0.29, 0.717) is 10.7 Å². The van der Waals surface area contributed by atoms with Crippen LogP contribution in [0.3, 0.4) is 0 Å². The van der Waals surface area contributed by atoms with E-state index < -0.39 is 42.3 Å². The summed E-state index contributed by atoms with van der Waals surface area (Å²) in [6, 6.07) is 6.84. The molecular weight excluding hydrogens is 362 g/mol. The Balaban J connectivity index is 1.57. The Kier molecular flexibility index (Phi) is 4.30. The van der Waals surface area contributed by atoms with Gasteiger partial charge in [-0.2, -0.15) is 0 Å². The van der Waals surface area contributed by atoms with E-state index in [4.69, 9.17) is 35.3 Å². The highest BCUT2D eigenvalue weighted by atomic mass is 35.5. The second-order valence-electron chi connectivity index (χ2n) is 7.59. The molecule has 3 aliphatic heterocycles. The number of amides is 1. The second kappa shape index (κ2) is 6.15. The van der Waals surface area contributed by atoms with Crippen molar-refractivity contribution in [1.82, 2.24) is 0 Å². The quantitative estimate of drug-likeness (QED) is 0.846. The minimum Gasteiger partial charge on any atom is -0.342 e. The number of fused-ring (bicyclic) bond motifs is 3. The molecule has 8 heteroatoms. The fraction of sp³-hybridized carbons (Fsp3) is 0.611. The zero-order chi connectivity index (χ0) is 18.7. The van der Waals surface area contributed by atoms with Crippen LogP contribution in [0.4, 0.5) is 5.69 Å². The summed E-state index contributed by atoms with van der Waals surface area (Å²) in [7, 11) is 0. The van der Waals surface area contributed by atoms with Gasteiger partial charge in [0.15, 0.2) is 24.0 Å². The zero-order valence-corrected chi connectivity index (χ0v) is 15.8. The van der Waals surface area contributed by atoms with Crippen LogP contribution in [-0.2, 0) is 28.5 Å². The number of benzene rings is 1. The van der Waals surface area contributed by atoms with Crippen LogP contribution in [0.5, 0.6) is 0 Å². The lowest BCUT2D eigenvalue weighted by molar-refractivity contribution is -0.229. The van der Waals surface area contributed by atoms with Gasteiger partial charge in [0.1, 0.15) is 18.3 Å². The van der Waals surface area contributed by atoms with E-state index in [9.17, 15) is 4.79 Å². The fourth-order valence-corrected chi connectivity index (χ4v) is 3.70. The number of nitrogens with one attached hydrogen (secondary N) is 1. The van der Waals surface area contributed by atoms with E-state index in [1.54, 1.807) is 52.0 Å². The van der Waals surface area contributed by atoms with Crippen LogP contribution in [0.25, 0.3) is 0 Å². The Hall–Kier alpha value is -1.22. The van der Waals surface area contributed by atoms with Crippen LogP contribution in [-0.4, -0.2) is 48.2 Å². The van der Waals surface area contributed by atoms with Crippen LogP contribution in [0.1, 0.15) is 27.7 Å². The smallest absolute Gasteiger partial charge is 0.256 e. The normalized spacial score (nSPS) is 37.0. The van der Waals surface area contributed by atoms with Crippen LogP contribution in [0.2, 0.25) is 5.02 Å². The van der Waals surface area contributed by atoms with Gasteiger partial charge in [0.05, 0.1) is 0 Å². The molecule has 3 aliphatic rings. The van der Waals surface area contributed by atoms with Gasteiger partial charge in [0.25, 0.3) is 5.91 Å². The first-order valence-corrected chi connectivity index (χ1v) is 8.95. The average Bonchev–Trinajstić information content (AvgIpc) is 3.02. The van der Waals surface area contributed by atoms with E-state index in [0.717, 1.165) is 0 Å². The Bertz CT molecular complexity index is 706. The topological polar surface area (TPSA) is 75.3 Å². The molecule has 1 aromatic carbocycles. The Morgan fingerprint density at radius 1 is 0.923 bits per heavy atom. The summed E-state index contributed by atoms with van der Waals surface area (Å²) in [5, 5.41) is 3.42. The van der Waals surface area contributed by atoms with Crippen molar-refractivity contribution in [1.29, 1.82) is 0 Å². The van der Waals surface area contributed by atoms with Gasteiger partial charge in [0.2, 0.25) is 0 Å². The molecule has 0 aromatic heterocycles. The molecule has 1 amide bonds. The monoisotopic (exact) mass is 383 g/mol. The Morgan fingerprint density at radius 2 is 1.50 bits per heavy atom. The number of anilines is 1. The van der Waals surface area contributed by atoms with Crippen molar-refractivity contribution < 1.29 is 28.5 Å². The lowest BCUT2D eigenvalue weighted by Gasteiger charge is -2.36. The van der Waals surface area contributed by atoms with E-state index in [1.165, 1.54) is 0 Å². The molecule has 3 fully saturated rings. The summed E-state index contributed by atoms with van der Waals surface area (Å²) in [6.07, 6.45) is -3.13. The molecule has 142 valence electrons. The standard InChI is InChI=1S/C18H22ClNO6/c1-17(2)23-11-12(24-17)14-16(26-18(3,4)25-14)22-13(11)15(21)20-10-7-5-9(19)6-8-10/h5-8,11-14,16H,1-4H3,(H,20,21). The van der Waals surface area contributed by atoms with Gasteiger partial charge < -0.3 is 29.0 Å². The molecule has 3 saturated heterocycles. The first kappa shape index (κ1) is 18.2. The van der Waals surface area contributed by atoms with Crippen molar-refractivity contribution in [3.8, 4) is 0 Å². The van der Waals surface area contributed by atoms with Crippen molar-refractivity contribution in [3.05, 3.63) is 29.3 Å². The molecule has 5 atom stereocenters. The van der Waals surface area contributed by atoms with E-state index >= 15 is 0 Å².